The van der Waals surface area contributed by atoms with Crippen LogP contribution in [-0.2, 0) is 6.54 Å². The minimum atomic E-state index is -0.00875. The largest absolute Gasteiger partial charge is 0.336 e. The quantitative estimate of drug-likeness (QED) is 0.881. The predicted molar refractivity (Wildman–Crippen MR) is 71.0 cm³/mol. The molecule has 2 rings (SSSR count). The number of hydrogen-bond donors (Lipinski definition) is 1. The van der Waals surface area contributed by atoms with Gasteiger partial charge in [0.05, 0.1) is 11.3 Å². The number of rotatable bonds is 2. The van der Waals surface area contributed by atoms with Gasteiger partial charge in [0, 0.05) is 32.2 Å². The Morgan fingerprint density at radius 1 is 1.61 bits per heavy atom. The van der Waals surface area contributed by atoms with E-state index in [0.717, 1.165) is 13.1 Å². The van der Waals surface area contributed by atoms with Crippen LogP contribution in [0, 0.1) is 6.92 Å². The lowest BCUT2D eigenvalue weighted by Crippen LogP contribution is -2.51. The molecule has 1 aliphatic heterocycles. The summed E-state index contributed by atoms with van der Waals surface area (Å²) in [4.78, 5) is 14.3. The molecule has 0 aromatic carbocycles. The van der Waals surface area contributed by atoms with Crippen LogP contribution in [0.2, 0.25) is 5.15 Å². The van der Waals surface area contributed by atoms with E-state index in [9.17, 15) is 4.79 Å². The van der Waals surface area contributed by atoms with Crippen molar-refractivity contribution in [1.29, 1.82) is 0 Å². The normalized spacial score (nSPS) is 20.2. The fraction of sp³-hybridized carbons (Fsp3) is 0.667. The molecule has 1 aliphatic rings. The number of nitrogens with one attached hydrogen (secondary N) is 1. The number of carbonyl (C=O) groups is 1. The molecule has 2 heterocycles. The molecule has 5 nitrogen and oxygen atoms in total. The molecule has 1 aromatic heterocycles. The Bertz CT molecular complexity index is 457. The highest BCUT2D eigenvalue weighted by Gasteiger charge is 2.27. The summed E-state index contributed by atoms with van der Waals surface area (Å²) in [6.07, 6.45) is 0. The fourth-order valence-electron chi connectivity index (χ4n) is 2.28. The van der Waals surface area contributed by atoms with Gasteiger partial charge in [0.25, 0.3) is 5.91 Å². The standard InChI is InChI=1S/C12H19ClN4O/c1-4-17-11(13)10(9(3)15-17)12(18)16-6-5-14-8(2)7-16/h8,14H,4-7H2,1-3H3/t8-/m0/s1. The molecule has 1 atom stereocenters. The maximum atomic E-state index is 12.5. The van der Waals surface area contributed by atoms with Crippen LogP contribution in [0.25, 0.3) is 0 Å². The Kier molecular flexibility index (Phi) is 3.92. The second kappa shape index (κ2) is 5.28. The molecule has 1 aromatic rings. The van der Waals surface area contributed by atoms with Gasteiger partial charge in [-0.3, -0.25) is 9.48 Å². The van der Waals surface area contributed by atoms with Crippen molar-refractivity contribution in [2.45, 2.75) is 33.4 Å². The van der Waals surface area contributed by atoms with Crippen LogP contribution < -0.4 is 5.32 Å². The maximum absolute atomic E-state index is 12.5. The monoisotopic (exact) mass is 270 g/mol. The van der Waals surface area contributed by atoms with Gasteiger partial charge in [-0.2, -0.15) is 5.10 Å². The van der Waals surface area contributed by atoms with Gasteiger partial charge in [0.1, 0.15) is 5.15 Å². The highest BCUT2D eigenvalue weighted by Crippen LogP contribution is 2.22. The zero-order valence-corrected chi connectivity index (χ0v) is 11.8. The van der Waals surface area contributed by atoms with Crippen LogP contribution in [0.4, 0.5) is 0 Å². The van der Waals surface area contributed by atoms with Gasteiger partial charge in [-0.05, 0) is 20.8 Å². The fourth-order valence-corrected chi connectivity index (χ4v) is 2.66. The minimum Gasteiger partial charge on any atom is -0.336 e. The molecule has 6 heteroatoms. The Hall–Kier alpha value is -1.07. The lowest BCUT2D eigenvalue weighted by atomic mass is 10.2. The zero-order chi connectivity index (χ0) is 13.3. The van der Waals surface area contributed by atoms with E-state index in [1.807, 2.05) is 18.7 Å². The second-order valence-corrected chi connectivity index (χ2v) is 5.03. The van der Waals surface area contributed by atoms with E-state index in [1.54, 1.807) is 4.68 Å². The average Bonchev–Trinajstić information content (AvgIpc) is 2.63. The van der Waals surface area contributed by atoms with Crippen LogP contribution in [-0.4, -0.2) is 46.3 Å². The number of amides is 1. The van der Waals surface area contributed by atoms with Gasteiger partial charge in [-0.1, -0.05) is 11.6 Å². The predicted octanol–water partition coefficient (Wildman–Crippen LogP) is 1.30. The lowest BCUT2D eigenvalue weighted by molar-refractivity contribution is 0.0708. The highest BCUT2D eigenvalue weighted by molar-refractivity contribution is 6.33. The number of halogens is 1. The van der Waals surface area contributed by atoms with Crippen molar-refractivity contribution in [1.82, 2.24) is 20.0 Å². The molecule has 0 saturated carbocycles. The third-order valence-corrected chi connectivity index (χ3v) is 3.62. The van der Waals surface area contributed by atoms with Crippen molar-refractivity contribution in [3.8, 4) is 0 Å². The molecule has 1 amide bonds. The molecule has 100 valence electrons. The smallest absolute Gasteiger partial charge is 0.258 e. The van der Waals surface area contributed by atoms with Crippen LogP contribution in [0.1, 0.15) is 29.9 Å². The van der Waals surface area contributed by atoms with E-state index in [1.165, 1.54) is 0 Å². The number of piperazine rings is 1. The zero-order valence-electron chi connectivity index (χ0n) is 11.0. The summed E-state index contributed by atoms with van der Waals surface area (Å²) in [7, 11) is 0. The summed E-state index contributed by atoms with van der Waals surface area (Å²) in [5.41, 5.74) is 1.26. The van der Waals surface area contributed by atoms with Crippen molar-refractivity contribution in [2.75, 3.05) is 19.6 Å². The van der Waals surface area contributed by atoms with Crippen molar-refractivity contribution in [3.63, 3.8) is 0 Å². The Morgan fingerprint density at radius 2 is 2.33 bits per heavy atom. The second-order valence-electron chi connectivity index (χ2n) is 4.67. The highest BCUT2D eigenvalue weighted by atomic mass is 35.5. The van der Waals surface area contributed by atoms with Gasteiger partial charge in [0.15, 0.2) is 0 Å². The topological polar surface area (TPSA) is 50.2 Å². The van der Waals surface area contributed by atoms with E-state index < -0.39 is 0 Å². The van der Waals surface area contributed by atoms with Crippen LogP contribution in [0.15, 0.2) is 0 Å². The summed E-state index contributed by atoms with van der Waals surface area (Å²) >= 11 is 6.22. The van der Waals surface area contributed by atoms with Gasteiger partial charge >= 0.3 is 0 Å². The Labute approximate surface area is 112 Å². The van der Waals surface area contributed by atoms with E-state index in [2.05, 4.69) is 17.3 Å². The third-order valence-electron chi connectivity index (χ3n) is 3.23. The summed E-state index contributed by atoms with van der Waals surface area (Å²) in [5, 5.41) is 8.05. The molecule has 0 radical (unpaired) electrons. The number of aryl methyl sites for hydroxylation is 2. The summed E-state index contributed by atoms with van der Waals surface area (Å²) in [6.45, 7) is 8.79. The van der Waals surface area contributed by atoms with Crippen LogP contribution in [0.3, 0.4) is 0 Å². The van der Waals surface area contributed by atoms with Crippen molar-refractivity contribution >= 4 is 17.5 Å². The molecule has 1 fully saturated rings. The first-order valence-corrected chi connectivity index (χ1v) is 6.68. The van der Waals surface area contributed by atoms with Crippen LogP contribution in [0.5, 0.6) is 0 Å². The molecular formula is C12H19ClN4O. The number of carbonyl (C=O) groups excluding carboxylic acids is 1. The third kappa shape index (κ3) is 2.37. The molecule has 1 saturated heterocycles. The van der Waals surface area contributed by atoms with Crippen molar-refractivity contribution < 1.29 is 4.79 Å². The molecular weight excluding hydrogens is 252 g/mol. The molecule has 0 aliphatic carbocycles. The lowest BCUT2D eigenvalue weighted by Gasteiger charge is -2.31. The van der Waals surface area contributed by atoms with Crippen LogP contribution >= 0.6 is 11.6 Å². The summed E-state index contributed by atoms with van der Waals surface area (Å²) < 4.78 is 1.66. The molecule has 0 bridgehead atoms. The Morgan fingerprint density at radius 3 is 2.89 bits per heavy atom. The van der Waals surface area contributed by atoms with E-state index >= 15 is 0 Å². The first-order chi connectivity index (χ1) is 8.54. The summed E-state index contributed by atoms with van der Waals surface area (Å²) in [5.74, 6) is -0.00875. The first-order valence-electron chi connectivity index (χ1n) is 6.30. The van der Waals surface area contributed by atoms with Crippen molar-refractivity contribution in [2.24, 2.45) is 0 Å². The van der Waals surface area contributed by atoms with E-state index in [-0.39, 0.29) is 5.91 Å². The minimum absolute atomic E-state index is 0.00875. The van der Waals surface area contributed by atoms with Gasteiger partial charge in [-0.15, -0.1) is 0 Å². The summed E-state index contributed by atoms with van der Waals surface area (Å²) in [6, 6.07) is 0.322. The average molecular weight is 271 g/mol. The number of hydrogen-bond acceptors (Lipinski definition) is 3. The van der Waals surface area contributed by atoms with E-state index in [4.69, 9.17) is 11.6 Å². The van der Waals surface area contributed by atoms with E-state index in [0.29, 0.717) is 35.5 Å². The SMILES string of the molecule is CCn1nc(C)c(C(=O)N2CCN[C@@H](C)C2)c1Cl. The number of nitrogens with zero attached hydrogens (tertiary/aromatic N) is 3. The molecule has 0 spiro atoms. The first kappa shape index (κ1) is 13.4. The van der Waals surface area contributed by atoms with Gasteiger partial charge in [0.2, 0.25) is 0 Å². The maximum Gasteiger partial charge on any atom is 0.258 e. The van der Waals surface area contributed by atoms with Crippen molar-refractivity contribution in [3.05, 3.63) is 16.4 Å². The number of aromatic nitrogens is 2. The molecule has 1 N–H and O–H groups in total. The Balaban J connectivity index is 2.25. The van der Waals surface area contributed by atoms with Gasteiger partial charge in [-0.25, -0.2) is 0 Å². The molecule has 18 heavy (non-hydrogen) atoms. The molecule has 0 unspecified atom stereocenters. The van der Waals surface area contributed by atoms with Gasteiger partial charge < -0.3 is 10.2 Å².